The summed E-state index contributed by atoms with van der Waals surface area (Å²) >= 11 is 0. The van der Waals surface area contributed by atoms with E-state index in [1.165, 1.54) is 0 Å². The summed E-state index contributed by atoms with van der Waals surface area (Å²) in [5.74, 6) is 0. The Hall–Kier alpha value is -3.08. The van der Waals surface area contributed by atoms with Crippen LogP contribution in [0.2, 0.25) is 0 Å². The van der Waals surface area contributed by atoms with Gasteiger partial charge in [0.2, 0.25) is 0 Å². The molecule has 4 nitrogen and oxygen atoms in total. The van der Waals surface area contributed by atoms with Gasteiger partial charge in [0.1, 0.15) is 0 Å². The Kier molecular flexibility index (Phi) is 4.67. The number of nitrogens with zero attached hydrogens (tertiary/aromatic N) is 2. The molecule has 1 aliphatic rings. The molecular weight excluding hydrogens is 334 g/mol. The molecule has 134 valence electrons. The van der Waals surface area contributed by atoms with Crippen LogP contribution in [0.5, 0.6) is 0 Å². The van der Waals surface area contributed by atoms with Gasteiger partial charge in [0.05, 0.1) is 6.04 Å². The SMILES string of the molecule is Cc1ccc(C(O)(NC2C=CN=C2)c2ccc(-c3ccncc3)cc2)cc1. The fourth-order valence-electron chi connectivity index (χ4n) is 3.24. The van der Waals surface area contributed by atoms with Crippen LogP contribution in [0.25, 0.3) is 11.1 Å². The lowest BCUT2D eigenvalue weighted by Gasteiger charge is -2.32. The maximum absolute atomic E-state index is 11.7. The molecule has 0 saturated carbocycles. The van der Waals surface area contributed by atoms with E-state index in [1.807, 2.05) is 73.7 Å². The molecule has 2 N–H and O–H groups in total. The summed E-state index contributed by atoms with van der Waals surface area (Å²) in [6, 6.07) is 19.7. The van der Waals surface area contributed by atoms with E-state index in [-0.39, 0.29) is 6.04 Å². The predicted octanol–water partition coefficient (Wildman–Crippen LogP) is 3.81. The summed E-state index contributed by atoms with van der Waals surface area (Å²) in [5, 5.41) is 15.0. The van der Waals surface area contributed by atoms with E-state index in [0.717, 1.165) is 27.8 Å². The minimum atomic E-state index is -1.32. The van der Waals surface area contributed by atoms with E-state index in [2.05, 4.69) is 15.3 Å². The van der Waals surface area contributed by atoms with Crippen LogP contribution < -0.4 is 5.32 Å². The quantitative estimate of drug-likeness (QED) is 0.684. The van der Waals surface area contributed by atoms with Crippen molar-refractivity contribution < 1.29 is 5.11 Å². The summed E-state index contributed by atoms with van der Waals surface area (Å²) in [7, 11) is 0. The second kappa shape index (κ2) is 7.27. The minimum absolute atomic E-state index is 0.129. The Morgan fingerprint density at radius 3 is 2.04 bits per heavy atom. The van der Waals surface area contributed by atoms with Gasteiger partial charge in [-0.2, -0.15) is 0 Å². The zero-order chi connectivity index (χ0) is 18.7. The van der Waals surface area contributed by atoms with Crippen molar-refractivity contribution in [3.63, 3.8) is 0 Å². The molecule has 2 unspecified atom stereocenters. The number of rotatable bonds is 5. The van der Waals surface area contributed by atoms with Crippen molar-refractivity contribution in [1.29, 1.82) is 0 Å². The van der Waals surface area contributed by atoms with Crippen molar-refractivity contribution in [2.75, 3.05) is 0 Å². The molecule has 0 amide bonds. The van der Waals surface area contributed by atoms with Gasteiger partial charge in [0, 0.05) is 35.9 Å². The highest BCUT2D eigenvalue weighted by atomic mass is 16.3. The first-order valence-corrected chi connectivity index (χ1v) is 8.93. The minimum Gasteiger partial charge on any atom is -0.367 e. The van der Waals surface area contributed by atoms with E-state index in [4.69, 9.17) is 0 Å². The number of aliphatic hydroxyl groups is 1. The summed E-state index contributed by atoms with van der Waals surface area (Å²) in [6.07, 6.45) is 8.99. The van der Waals surface area contributed by atoms with Gasteiger partial charge in [-0.3, -0.25) is 15.3 Å². The molecule has 0 aliphatic carbocycles. The highest BCUT2D eigenvalue weighted by molar-refractivity contribution is 5.71. The van der Waals surface area contributed by atoms with E-state index in [9.17, 15) is 5.11 Å². The molecule has 0 radical (unpaired) electrons. The van der Waals surface area contributed by atoms with Gasteiger partial charge in [-0.05, 0) is 36.3 Å². The molecule has 2 aromatic carbocycles. The van der Waals surface area contributed by atoms with Crippen LogP contribution in [0.1, 0.15) is 16.7 Å². The van der Waals surface area contributed by atoms with Gasteiger partial charge < -0.3 is 5.11 Å². The van der Waals surface area contributed by atoms with Crippen LogP contribution in [0.4, 0.5) is 0 Å². The van der Waals surface area contributed by atoms with Gasteiger partial charge in [-0.1, -0.05) is 54.1 Å². The zero-order valence-electron chi connectivity index (χ0n) is 15.1. The highest BCUT2D eigenvalue weighted by Gasteiger charge is 2.33. The number of nitrogens with one attached hydrogen (secondary N) is 1. The fraction of sp³-hybridized carbons (Fsp3) is 0.130. The molecule has 2 heterocycles. The van der Waals surface area contributed by atoms with Crippen LogP contribution >= 0.6 is 0 Å². The molecule has 27 heavy (non-hydrogen) atoms. The largest absolute Gasteiger partial charge is 0.367 e. The number of benzene rings is 2. The van der Waals surface area contributed by atoms with Crippen molar-refractivity contribution in [3.05, 3.63) is 102 Å². The Bertz CT molecular complexity index is 951. The normalized spacial score (nSPS) is 17.8. The molecule has 1 aliphatic heterocycles. The summed E-state index contributed by atoms with van der Waals surface area (Å²) < 4.78 is 0. The molecule has 4 rings (SSSR count). The topological polar surface area (TPSA) is 57.5 Å². The van der Waals surface area contributed by atoms with Crippen molar-refractivity contribution in [2.45, 2.75) is 18.7 Å². The smallest absolute Gasteiger partial charge is 0.169 e. The van der Waals surface area contributed by atoms with E-state index < -0.39 is 5.72 Å². The van der Waals surface area contributed by atoms with Crippen molar-refractivity contribution in [2.24, 2.45) is 4.99 Å². The van der Waals surface area contributed by atoms with Crippen molar-refractivity contribution >= 4 is 6.21 Å². The summed E-state index contributed by atoms with van der Waals surface area (Å²) in [6.45, 7) is 2.03. The Balaban J connectivity index is 1.72. The van der Waals surface area contributed by atoms with Crippen LogP contribution in [-0.4, -0.2) is 22.3 Å². The third-order valence-corrected chi connectivity index (χ3v) is 4.79. The first kappa shape index (κ1) is 17.3. The molecule has 0 bridgehead atoms. The lowest BCUT2D eigenvalue weighted by Crippen LogP contribution is -2.48. The van der Waals surface area contributed by atoms with E-state index in [0.29, 0.717) is 0 Å². The van der Waals surface area contributed by atoms with Crippen LogP contribution in [0.15, 0.2) is 90.3 Å². The lowest BCUT2D eigenvalue weighted by molar-refractivity contribution is 0.0425. The standard InChI is InChI=1S/C23H21N3O/c1-17-2-6-20(7-3-17)23(27,26-22-12-15-25-16-22)21-8-4-18(5-9-21)19-10-13-24-14-11-19/h2-16,22,26-27H,1H3. The molecule has 0 saturated heterocycles. The number of hydrogen-bond donors (Lipinski definition) is 2. The maximum atomic E-state index is 11.7. The van der Waals surface area contributed by atoms with Crippen molar-refractivity contribution in [1.82, 2.24) is 10.3 Å². The second-order valence-electron chi connectivity index (χ2n) is 6.70. The van der Waals surface area contributed by atoms with Gasteiger partial charge in [0.25, 0.3) is 0 Å². The molecule has 0 fully saturated rings. The van der Waals surface area contributed by atoms with Gasteiger partial charge in [0.15, 0.2) is 5.72 Å². The number of hydrogen-bond acceptors (Lipinski definition) is 4. The average molecular weight is 355 g/mol. The van der Waals surface area contributed by atoms with Crippen molar-refractivity contribution in [3.8, 4) is 11.1 Å². The number of aryl methyl sites for hydroxylation is 1. The second-order valence-corrected chi connectivity index (χ2v) is 6.70. The average Bonchev–Trinajstić information content (AvgIpc) is 3.22. The maximum Gasteiger partial charge on any atom is 0.169 e. The highest BCUT2D eigenvalue weighted by Crippen LogP contribution is 2.30. The Morgan fingerprint density at radius 2 is 1.44 bits per heavy atom. The predicted molar refractivity (Wildman–Crippen MR) is 108 cm³/mol. The summed E-state index contributed by atoms with van der Waals surface area (Å²) in [5.41, 5.74) is 3.56. The molecule has 2 atom stereocenters. The van der Waals surface area contributed by atoms with Gasteiger partial charge >= 0.3 is 0 Å². The molecule has 0 spiro atoms. The first-order chi connectivity index (χ1) is 13.1. The monoisotopic (exact) mass is 355 g/mol. The Labute approximate surface area is 158 Å². The van der Waals surface area contributed by atoms with E-state index in [1.54, 1.807) is 24.8 Å². The zero-order valence-corrected chi connectivity index (χ0v) is 15.1. The van der Waals surface area contributed by atoms with Crippen LogP contribution in [0.3, 0.4) is 0 Å². The van der Waals surface area contributed by atoms with Gasteiger partial charge in [-0.15, -0.1) is 0 Å². The fourth-order valence-corrected chi connectivity index (χ4v) is 3.24. The molecule has 4 heteroatoms. The van der Waals surface area contributed by atoms with E-state index >= 15 is 0 Å². The summed E-state index contributed by atoms with van der Waals surface area (Å²) in [4.78, 5) is 8.18. The molecular formula is C23H21N3O. The lowest BCUT2D eigenvalue weighted by atomic mass is 9.91. The Morgan fingerprint density at radius 1 is 0.852 bits per heavy atom. The first-order valence-electron chi connectivity index (χ1n) is 8.93. The molecule has 1 aromatic heterocycles. The van der Waals surface area contributed by atoms with Crippen LogP contribution in [0, 0.1) is 6.92 Å². The number of pyridine rings is 1. The number of aromatic nitrogens is 1. The van der Waals surface area contributed by atoms with Crippen LogP contribution in [-0.2, 0) is 5.72 Å². The third kappa shape index (κ3) is 3.58. The number of aliphatic imine (C=N–C) groups is 1. The molecule has 3 aromatic rings. The van der Waals surface area contributed by atoms with Gasteiger partial charge in [-0.25, -0.2) is 0 Å². The third-order valence-electron chi connectivity index (χ3n) is 4.79.